The van der Waals surface area contributed by atoms with E-state index in [2.05, 4.69) is 6.92 Å². The number of hydrogen-bond acceptors (Lipinski definition) is 3. The molecule has 5 nitrogen and oxygen atoms in total. The second-order valence-electron chi connectivity index (χ2n) is 4.70. The van der Waals surface area contributed by atoms with Gasteiger partial charge in [0.15, 0.2) is 0 Å². The van der Waals surface area contributed by atoms with Crippen LogP contribution in [-0.2, 0) is 14.3 Å². The zero-order valence-electron chi connectivity index (χ0n) is 11.1. The van der Waals surface area contributed by atoms with E-state index in [-0.39, 0.29) is 18.4 Å². The third-order valence-corrected chi connectivity index (χ3v) is 3.19. The lowest BCUT2D eigenvalue weighted by molar-refractivity contribution is -0.137. The molecule has 1 atom stereocenters. The molecule has 0 spiro atoms. The normalized spacial score (nSPS) is 20.5. The van der Waals surface area contributed by atoms with Crippen molar-refractivity contribution in [2.45, 2.75) is 51.6 Å². The van der Waals surface area contributed by atoms with E-state index in [4.69, 9.17) is 9.84 Å². The molecule has 1 aliphatic heterocycles. The van der Waals surface area contributed by atoms with Crippen LogP contribution in [-0.4, -0.2) is 47.7 Å². The number of ether oxygens (including phenoxy) is 1. The molecule has 1 rings (SSSR count). The maximum Gasteiger partial charge on any atom is 0.303 e. The van der Waals surface area contributed by atoms with Crippen molar-refractivity contribution in [3.8, 4) is 0 Å². The first-order valence-electron chi connectivity index (χ1n) is 6.74. The van der Waals surface area contributed by atoms with Gasteiger partial charge in [0, 0.05) is 32.5 Å². The quantitative estimate of drug-likeness (QED) is 0.735. The maximum absolute atomic E-state index is 12.0. The molecule has 0 aromatic heterocycles. The Morgan fingerprint density at radius 1 is 1.33 bits per heavy atom. The molecule has 0 bridgehead atoms. The first kappa shape index (κ1) is 15.0. The molecule has 18 heavy (non-hydrogen) atoms. The van der Waals surface area contributed by atoms with Crippen LogP contribution in [0.4, 0.5) is 0 Å². The number of nitrogens with zero attached hydrogens (tertiary/aromatic N) is 1. The molecular formula is C13H23NO4. The molecule has 0 saturated carbocycles. The summed E-state index contributed by atoms with van der Waals surface area (Å²) in [4.78, 5) is 24.2. The standard InChI is InChI=1S/C13H23NO4/c1-2-11-10-14(8-5-9-18-11)12(15)6-3-4-7-13(16)17/h11H,2-10H2,1H3,(H,16,17). The van der Waals surface area contributed by atoms with Crippen molar-refractivity contribution < 1.29 is 19.4 Å². The summed E-state index contributed by atoms with van der Waals surface area (Å²) < 4.78 is 5.62. The van der Waals surface area contributed by atoms with Gasteiger partial charge in [0.2, 0.25) is 5.91 Å². The Labute approximate surface area is 108 Å². The summed E-state index contributed by atoms with van der Waals surface area (Å²) in [7, 11) is 0. The van der Waals surface area contributed by atoms with E-state index in [1.165, 1.54) is 0 Å². The van der Waals surface area contributed by atoms with Gasteiger partial charge in [-0.2, -0.15) is 0 Å². The van der Waals surface area contributed by atoms with Crippen LogP contribution >= 0.6 is 0 Å². The predicted molar refractivity (Wildman–Crippen MR) is 67.3 cm³/mol. The summed E-state index contributed by atoms with van der Waals surface area (Å²) in [6.07, 6.45) is 3.77. The summed E-state index contributed by atoms with van der Waals surface area (Å²) in [5, 5.41) is 8.52. The fraction of sp³-hybridized carbons (Fsp3) is 0.846. The Kier molecular flexibility index (Phi) is 6.72. The van der Waals surface area contributed by atoms with Gasteiger partial charge in [-0.3, -0.25) is 9.59 Å². The summed E-state index contributed by atoms with van der Waals surface area (Å²) in [6.45, 7) is 4.22. The van der Waals surface area contributed by atoms with Gasteiger partial charge in [-0.1, -0.05) is 6.92 Å². The first-order chi connectivity index (χ1) is 8.63. The molecule has 1 saturated heterocycles. The molecule has 1 heterocycles. The van der Waals surface area contributed by atoms with Crippen LogP contribution in [0.1, 0.15) is 45.4 Å². The predicted octanol–water partition coefficient (Wildman–Crippen LogP) is 1.66. The summed E-state index contributed by atoms with van der Waals surface area (Å²) in [5.41, 5.74) is 0. The van der Waals surface area contributed by atoms with E-state index in [9.17, 15) is 9.59 Å². The summed E-state index contributed by atoms with van der Waals surface area (Å²) in [6, 6.07) is 0. The molecular weight excluding hydrogens is 234 g/mol. The summed E-state index contributed by atoms with van der Waals surface area (Å²) >= 11 is 0. The molecule has 0 radical (unpaired) electrons. The molecule has 1 unspecified atom stereocenters. The highest BCUT2D eigenvalue weighted by molar-refractivity contribution is 5.76. The highest BCUT2D eigenvalue weighted by atomic mass is 16.5. The summed E-state index contributed by atoms with van der Waals surface area (Å²) in [5.74, 6) is -0.666. The second kappa shape index (κ2) is 8.08. The highest BCUT2D eigenvalue weighted by Gasteiger charge is 2.20. The van der Waals surface area contributed by atoms with Gasteiger partial charge < -0.3 is 14.7 Å². The van der Waals surface area contributed by atoms with Gasteiger partial charge in [0.1, 0.15) is 0 Å². The molecule has 0 aliphatic carbocycles. The average molecular weight is 257 g/mol. The van der Waals surface area contributed by atoms with Crippen molar-refractivity contribution in [1.82, 2.24) is 4.90 Å². The topological polar surface area (TPSA) is 66.8 Å². The largest absolute Gasteiger partial charge is 0.481 e. The maximum atomic E-state index is 12.0. The minimum absolute atomic E-state index is 0.129. The van der Waals surface area contributed by atoms with E-state index >= 15 is 0 Å². The SMILES string of the molecule is CCC1CN(C(=O)CCCCC(=O)O)CCCO1. The second-order valence-corrected chi connectivity index (χ2v) is 4.70. The number of rotatable bonds is 6. The van der Waals surface area contributed by atoms with Crippen LogP contribution in [0.2, 0.25) is 0 Å². The number of carboxylic acids is 1. The van der Waals surface area contributed by atoms with Crippen molar-refractivity contribution in [1.29, 1.82) is 0 Å². The fourth-order valence-corrected chi connectivity index (χ4v) is 2.08. The van der Waals surface area contributed by atoms with E-state index < -0.39 is 5.97 Å². The third-order valence-electron chi connectivity index (χ3n) is 3.19. The Balaban J connectivity index is 2.28. The van der Waals surface area contributed by atoms with Gasteiger partial charge in [0.05, 0.1) is 6.10 Å². The van der Waals surface area contributed by atoms with Gasteiger partial charge in [-0.15, -0.1) is 0 Å². The van der Waals surface area contributed by atoms with Crippen LogP contribution in [0.5, 0.6) is 0 Å². The highest BCUT2D eigenvalue weighted by Crippen LogP contribution is 2.11. The molecule has 1 amide bonds. The Hall–Kier alpha value is -1.10. The monoisotopic (exact) mass is 257 g/mol. The van der Waals surface area contributed by atoms with Crippen molar-refractivity contribution in [3.63, 3.8) is 0 Å². The first-order valence-corrected chi connectivity index (χ1v) is 6.74. The van der Waals surface area contributed by atoms with Gasteiger partial charge in [-0.05, 0) is 25.7 Å². The number of carbonyl (C=O) groups is 2. The average Bonchev–Trinajstić information content (AvgIpc) is 2.59. The van der Waals surface area contributed by atoms with E-state index in [1.807, 2.05) is 4.90 Å². The zero-order chi connectivity index (χ0) is 13.4. The molecule has 0 aromatic rings. The van der Waals surface area contributed by atoms with Crippen LogP contribution in [0.3, 0.4) is 0 Å². The number of hydrogen-bond donors (Lipinski definition) is 1. The van der Waals surface area contributed by atoms with E-state index in [0.29, 0.717) is 25.8 Å². The van der Waals surface area contributed by atoms with Crippen LogP contribution < -0.4 is 0 Å². The smallest absolute Gasteiger partial charge is 0.303 e. The lowest BCUT2D eigenvalue weighted by atomic mass is 10.1. The molecule has 5 heteroatoms. The Morgan fingerprint density at radius 3 is 2.72 bits per heavy atom. The van der Waals surface area contributed by atoms with E-state index in [1.54, 1.807) is 0 Å². The number of amides is 1. The van der Waals surface area contributed by atoms with Crippen LogP contribution in [0, 0.1) is 0 Å². The third kappa shape index (κ3) is 5.49. The van der Waals surface area contributed by atoms with Gasteiger partial charge in [0.25, 0.3) is 0 Å². The Morgan fingerprint density at radius 2 is 2.06 bits per heavy atom. The number of unbranched alkanes of at least 4 members (excludes halogenated alkanes) is 1. The lowest BCUT2D eigenvalue weighted by Crippen LogP contribution is -2.36. The molecule has 1 aliphatic rings. The van der Waals surface area contributed by atoms with Crippen molar-refractivity contribution in [2.24, 2.45) is 0 Å². The molecule has 1 fully saturated rings. The van der Waals surface area contributed by atoms with Crippen molar-refractivity contribution in [2.75, 3.05) is 19.7 Å². The zero-order valence-corrected chi connectivity index (χ0v) is 11.1. The molecule has 0 aromatic carbocycles. The minimum atomic E-state index is -0.795. The van der Waals surface area contributed by atoms with Gasteiger partial charge >= 0.3 is 5.97 Å². The van der Waals surface area contributed by atoms with Crippen molar-refractivity contribution >= 4 is 11.9 Å². The number of carbonyl (C=O) groups excluding carboxylic acids is 1. The number of aliphatic carboxylic acids is 1. The van der Waals surface area contributed by atoms with Crippen LogP contribution in [0.25, 0.3) is 0 Å². The van der Waals surface area contributed by atoms with Crippen LogP contribution in [0.15, 0.2) is 0 Å². The number of carboxylic acid groups (broad SMARTS) is 1. The van der Waals surface area contributed by atoms with Crippen molar-refractivity contribution in [3.05, 3.63) is 0 Å². The Bertz CT molecular complexity index is 280. The van der Waals surface area contributed by atoms with E-state index in [0.717, 1.165) is 26.0 Å². The lowest BCUT2D eigenvalue weighted by Gasteiger charge is -2.23. The molecule has 104 valence electrons. The fourth-order valence-electron chi connectivity index (χ4n) is 2.08. The van der Waals surface area contributed by atoms with Gasteiger partial charge in [-0.25, -0.2) is 0 Å². The molecule has 1 N–H and O–H groups in total. The minimum Gasteiger partial charge on any atom is -0.481 e.